The number of ketones is 1. The van der Waals surface area contributed by atoms with Crippen molar-refractivity contribution >= 4 is 5.78 Å². The minimum atomic E-state index is 0.289. The molecular formula is C16H23NO. The smallest absolute Gasteiger partial charge is 0.162 e. The fraction of sp³-hybridized carbons (Fsp3) is 0.562. The maximum absolute atomic E-state index is 11.9. The number of nitrogens with zero attached hydrogens (tertiary/aromatic N) is 1. The predicted molar refractivity (Wildman–Crippen MR) is 75.2 cm³/mol. The molecule has 0 aromatic heterocycles. The van der Waals surface area contributed by atoms with Gasteiger partial charge in [0, 0.05) is 25.1 Å². The van der Waals surface area contributed by atoms with Gasteiger partial charge in [-0.15, -0.1) is 0 Å². The van der Waals surface area contributed by atoms with E-state index in [1.165, 1.54) is 11.1 Å². The maximum Gasteiger partial charge on any atom is 0.162 e. The van der Waals surface area contributed by atoms with Gasteiger partial charge < -0.3 is 4.90 Å². The summed E-state index contributed by atoms with van der Waals surface area (Å²) in [6, 6.07) is 6.31. The fourth-order valence-electron chi connectivity index (χ4n) is 2.63. The fourth-order valence-corrected chi connectivity index (χ4v) is 2.63. The second-order valence-corrected chi connectivity index (χ2v) is 5.09. The van der Waals surface area contributed by atoms with Crippen molar-refractivity contribution in [2.75, 3.05) is 19.6 Å². The third kappa shape index (κ3) is 2.99. The van der Waals surface area contributed by atoms with E-state index in [9.17, 15) is 4.79 Å². The van der Waals surface area contributed by atoms with E-state index in [0.29, 0.717) is 6.42 Å². The van der Waals surface area contributed by atoms with Gasteiger partial charge in [0.2, 0.25) is 0 Å². The molecule has 2 rings (SSSR count). The van der Waals surface area contributed by atoms with Crippen LogP contribution in [0.2, 0.25) is 0 Å². The van der Waals surface area contributed by atoms with E-state index in [1.54, 1.807) is 0 Å². The maximum atomic E-state index is 11.9. The molecule has 1 aliphatic rings. The quantitative estimate of drug-likeness (QED) is 0.760. The van der Waals surface area contributed by atoms with Crippen molar-refractivity contribution < 1.29 is 4.79 Å². The number of carbonyl (C=O) groups excluding carboxylic acids is 1. The van der Waals surface area contributed by atoms with Crippen molar-refractivity contribution in [2.24, 2.45) is 0 Å². The van der Waals surface area contributed by atoms with Crippen molar-refractivity contribution in [2.45, 2.75) is 39.5 Å². The standard InChI is InChI=1S/C16H23NO/c1-3-5-16(18)15-7-6-13-8-10-17(4-2)11-9-14(13)12-15/h6-7,12H,3-5,8-11H2,1-2H3. The highest BCUT2D eigenvalue weighted by Gasteiger charge is 2.14. The molecule has 0 saturated heterocycles. The summed E-state index contributed by atoms with van der Waals surface area (Å²) in [6.07, 6.45) is 3.79. The first-order valence-electron chi connectivity index (χ1n) is 7.12. The Kier molecular flexibility index (Phi) is 4.54. The molecule has 0 unspecified atom stereocenters. The van der Waals surface area contributed by atoms with Gasteiger partial charge in [0.25, 0.3) is 0 Å². The molecule has 18 heavy (non-hydrogen) atoms. The monoisotopic (exact) mass is 245 g/mol. The zero-order valence-corrected chi connectivity index (χ0v) is 11.5. The topological polar surface area (TPSA) is 20.3 Å². The Morgan fingerprint density at radius 3 is 2.56 bits per heavy atom. The zero-order chi connectivity index (χ0) is 13.0. The van der Waals surface area contributed by atoms with Gasteiger partial charge in [0.15, 0.2) is 5.78 Å². The lowest BCUT2D eigenvalue weighted by Crippen LogP contribution is -2.25. The van der Waals surface area contributed by atoms with E-state index in [-0.39, 0.29) is 5.78 Å². The molecule has 98 valence electrons. The van der Waals surface area contributed by atoms with Crippen molar-refractivity contribution in [1.82, 2.24) is 4.90 Å². The predicted octanol–water partition coefficient (Wildman–Crippen LogP) is 3.09. The van der Waals surface area contributed by atoms with Crippen LogP contribution in [0.3, 0.4) is 0 Å². The van der Waals surface area contributed by atoms with Gasteiger partial charge in [-0.1, -0.05) is 26.0 Å². The molecule has 0 N–H and O–H groups in total. The molecule has 1 aromatic carbocycles. The Morgan fingerprint density at radius 2 is 1.89 bits per heavy atom. The lowest BCUT2D eigenvalue weighted by molar-refractivity contribution is 0.0981. The molecule has 2 heteroatoms. The third-order valence-corrected chi connectivity index (χ3v) is 3.85. The number of rotatable bonds is 4. The minimum absolute atomic E-state index is 0.289. The second kappa shape index (κ2) is 6.14. The lowest BCUT2D eigenvalue weighted by Gasteiger charge is -2.16. The summed E-state index contributed by atoms with van der Waals surface area (Å²) in [5.74, 6) is 0.289. The van der Waals surface area contributed by atoms with Crippen molar-refractivity contribution in [1.29, 1.82) is 0 Å². The first-order chi connectivity index (χ1) is 8.74. The molecule has 0 radical (unpaired) electrons. The van der Waals surface area contributed by atoms with Crippen molar-refractivity contribution in [3.63, 3.8) is 0 Å². The van der Waals surface area contributed by atoms with E-state index in [1.807, 2.05) is 6.07 Å². The molecule has 0 aliphatic carbocycles. The van der Waals surface area contributed by atoms with Gasteiger partial charge in [-0.2, -0.15) is 0 Å². The Hall–Kier alpha value is -1.15. The molecule has 1 heterocycles. The molecule has 1 aliphatic heterocycles. The van der Waals surface area contributed by atoms with Crippen molar-refractivity contribution in [3.05, 3.63) is 34.9 Å². The summed E-state index contributed by atoms with van der Waals surface area (Å²) < 4.78 is 0. The number of benzene rings is 1. The van der Waals surface area contributed by atoms with Crippen LogP contribution >= 0.6 is 0 Å². The molecule has 0 fully saturated rings. The molecule has 0 spiro atoms. The number of carbonyl (C=O) groups is 1. The van der Waals surface area contributed by atoms with Crippen LogP contribution in [-0.4, -0.2) is 30.3 Å². The highest BCUT2D eigenvalue weighted by Crippen LogP contribution is 2.19. The van der Waals surface area contributed by atoms with E-state index in [4.69, 9.17) is 0 Å². The van der Waals surface area contributed by atoms with Crippen LogP contribution in [0.1, 0.15) is 48.2 Å². The highest BCUT2D eigenvalue weighted by atomic mass is 16.1. The first-order valence-corrected chi connectivity index (χ1v) is 7.12. The van der Waals surface area contributed by atoms with E-state index in [0.717, 1.165) is 44.5 Å². The first kappa shape index (κ1) is 13.3. The van der Waals surface area contributed by atoms with E-state index in [2.05, 4.69) is 30.9 Å². The van der Waals surface area contributed by atoms with Gasteiger partial charge >= 0.3 is 0 Å². The summed E-state index contributed by atoms with van der Waals surface area (Å²) in [5, 5.41) is 0. The van der Waals surface area contributed by atoms with Gasteiger partial charge in [-0.25, -0.2) is 0 Å². The number of fused-ring (bicyclic) bond motifs is 1. The average Bonchev–Trinajstić information content (AvgIpc) is 2.60. The highest BCUT2D eigenvalue weighted by molar-refractivity contribution is 5.96. The molecule has 0 bridgehead atoms. The van der Waals surface area contributed by atoms with Crippen LogP contribution in [0.4, 0.5) is 0 Å². The molecule has 0 saturated carbocycles. The largest absolute Gasteiger partial charge is 0.303 e. The van der Waals surface area contributed by atoms with Crippen molar-refractivity contribution in [3.8, 4) is 0 Å². The number of Topliss-reactive ketones (excluding diaryl/α,β-unsaturated/α-hetero) is 1. The summed E-state index contributed by atoms with van der Waals surface area (Å²) in [4.78, 5) is 14.4. The van der Waals surface area contributed by atoms with Crippen LogP contribution in [0.5, 0.6) is 0 Å². The van der Waals surface area contributed by atoms with Gasteiger partial charge in [-0.05, 0) is 43.0 Å². The second-order valence-electron chi connectivity index (χ2n) is 5.09. The van der Waals surface area contributed by atoms with E-state index >= 15 is 0 Å². The Bertz CT molecular complexity index is 425. The zero-order valence-electron chi connectivity index (χ0n) is 11.5. The average molecular weight is 245 g/mol. The molecule has 0 atom stereocenters. The molecule has 1 aromatic rings. The molecule has 2 nitrogen and oxygen atoms in total. The number of hydrogen-bond acceptors (Lipinski definition) is 2. The Morgan fingerprint density at radius 1 is 1.17 bits per heavy atom. The summed E-state index contributed by atoms with van der Waals surface area (Å²) >= 11 is 0. The molecule has 0 amide bonds. The number of hydrogen-bond donors (Lipinski definition) is 0. The van der Waals surface area contributed by atoms with Crippen LogP contribution in [-0.2, 0) is 12.8 Å². The van der Waals surface area contributed by atoms with Crippen LogP contribution in [0.15, 0.2) is 18.2 Å². The Labute approximate surface area is 110 Å². The van der Waals surface area contributed by atoms with Gasteiger partial charge in [-0.3, -0.25) is 4.79 Å². The third-order valence-electron chi connectivity index (χ3n) is 3.85. The van der Waals surface area contributed by atoms with E-state index < -0.39 is 0 Å². The minimum Gasteiger partial charge on any atom is -0.303 e. The van der Waals surface area contributed by atoms with Crippen LogP contribution in [0, 0.1) is 0 Å². The summed E-state index contributed by atoms with van der Waals surface area (Å²) in [7, 11) is 0. The SMILES string of the molecule is CCCC(=O)c1ccc2c(c1)CCN(CC)CC2. The lowest BCUT2D eigenvalue weighted by atomic mass is 9.97. The molecular weight excluding hydrogens is 222 g/mol. The Balaban J connectivity index is 2.17. The van der Waals surface area contributed by atoms with Gasteiger partial charge in [0.05, 0.1) is 0 Å². The van der Waals surface area contributed by atoms with Gasteiger partial charge in [0.1, 0.15) is 0 Å². The van der Waals surface area contributed by atoms with Crippen LogP contribution in [0.25, 0.3) is 0 Å². The normalized spacial score (nSPS) is 16.1. The number of likely N-dealkylation sites (N-methyl/N-ethyl adjacent to an activating group) is 1. The van der Waals surface area contributed by atoms with Crippen LogP contribution < -0.4 is 0 Å². The summed E-state index contributed by atoms with van der Waals surface area (Å²) in [6.45, 7) is 7.66. The summed E-state index contributed by atoms with van der Waals surface area (Å²) in [5.41, 5.74) is 3.72.